The molecular formula is C19H14Cl2N2S2. The topological polar surface area (TPSA) is 15.6 Å². The lowest BCUT2D eigenvalue weighted by Gasteiger charge is -2.23. The maximum absolute atomic E-state index is 6.21. The second-order valence-corrected chi connectivity index (χ2v) is 8.39. The van der Waals surface area contributed by atoms with Crippen LogP contribution in [0, 0.1) is 0 Å². The number of hydrogen-bond acceptors (Lipinski definition) is 4. The summed E-state index contributed by atoms with van der Waals surface area (Å²) in [6, 6.07) is 14.2. The normalized spacial score (nSPS) is 17.4. The average Bonchev–Trinajstić information content (AvgIpc) is 3.36. The first-order chi connectivity index (χ1) is 12.2. The van der Waals surface area contributed by atoms with Crippen LogP contribution in [0.2, 0.25) is 10.0 Å². The predicted octanol–water partition coefficient (Wildman–Crippen LogP) is 7.14. The summed E-state index contributed by atoms with van der Waals surface area (Å²) in [6.45, 7) is 0. The molecule has 2 nitrogen and oxygen atoms in total. The summed E-state index contributed by atoms with van der Waals surface area (Å²) in [5.41, 5.74) is 2.00. The Labute approximate surface area is 164 Å². The zero-order chi connectivity index (χ0) is 17.2. The SMILES string of the molecule is Clc1ccc(N2N=C(/C=C/c3cccs3)C[C@@H]2c2cccs2)cc1Cl. The van der Waals surface area contributed by atoms with Crippen LogP contribution < -0.4 is 5.01 Å². The van der Waals surface area contributed by atoms with Gasteiger partial charge in [0.25, 0.3) is 0 Å². The van der Waals surface area contributed by atoms with E-state index in [1.807, 2.05) is 23.2 Å². The highest BCUT2D eigenvalue weighted by molar-refractivity contribution is 7.11. The first kappa shape index (κ1) is 16.9. The second kappa shape index (κ2) is 7.34. The van der Waals surface area contributed by atoms with Gasteiger partial charge < -0.3 is 0 Å². The van der Waals surface area contributed by atoms with Gasteiger partial charge >= 0.3 is 0 Å². The van der Waals surface area contributed by atoms with Gasteiger partial charge in [-0.2, -0.15) is 5.10 Å². The van der Waals surface area contributed by atoms with Gasteiger partial charge in [-0.05, 0) is 53.2 Å². The largest absolute Gasteiger partial charge is 0.257 e. The van der Waals surface area contributed by atoms with Gasteiger partial charge in [-0.3, -0.25) is 5.01 Å². The third-order valence-corrected chi connectivity index (χ3v) is 6.51. The zero-order valence-electron chi connectivity index (χ0n) is 13.1. The van der Waals surface area contributed by atoms with E-state index in [0.717, 1.165) is 17.8 Å². The third kappa shape index (κ3) is 3.67. The Bertz CT molecular complexity index is 915. The molecule has 0 aliphatic carbocycles. The van der Waals surface area contributed by atoms with Gasteiger partial charge in [-0.25, -0.2) is 0 Å². The molecule has 4 rings (SSSR count). The van der Waals surface area contributed by atoms with Crippen LogP contribution >= 0.6 is 45.9 Å². The van der Waals surface area contributed by atoms with Gasteiger partial charge in [0, 0.05) is 16.2 Å². The van der Waals surface area contributed by atoms with E-state index in [-0.39, 0.29) is 6.04 Å². The van der Waals surface area contributed by atoms with Crippen molar-refractivity contribution >= 4 is 63.4 Å². The molecule has 0 bridgehead atoms. The van der Waals surface area contributed by atoms with Gasteiger partial charge in [0.05, 0.1) is 27.5 Å². The van der Waals surface area contributed by atoms with Crippen molar-refractivity contribution in [1.82, 2.24) is 0 Å². The summed E-state index contributed by atoms with van der Waals surface area (Å²) in [6.07, 6.45) is 5.08. The molecule has 0 unspecified atom stereocenters. The molecule has 0 N–H and O–H groups in total. The lowest BCUT2D eigenvalue weighted by Crippen LogP contribution is -2.17. The molecule has 25 heavy (non-hydrogen) atoms. The maximum atomic E-state index is 6.21. The van der Waals surface area contributed by atoms with Crippen molar-refractivity contribution in [2.45, 2.75) is 12.5 Å². The van der Waals surface area contributed by atoms with Crippen LogP contribution in [0.25, 0.3) is 6.08 Å². The molecule has 0 saturated heterocycles. The molecule has 3 aromatic rings. The molecular weight excluding hydrogens is 391 g/mol. The summed E-state index contributed by atoms with van der Waals surface area (Å²) < 4.78 is 0. The highest BCUT2D eigenvalue weighted by Crippen LogP contribution is 2.39. The first-order valence-corrected chi connectivity index (χ1v) is 10.3. The van der Waals surface area contributed by atoms with Crippen LogP contribution in [0.4, 0.5) is 5.69 Å². The van der Waals surface area contributed by atoms with Gasteiger partial charge in [-0.15, -0.1) is 22.7 Å². The molecule has 6 heteroatoms. The van der Waals surface area contributed by atoms with Crippen molar-refractivity contribution in [3.8, 4) is 0 Å². The minimum absolute atomic E-state index is 0.181. The number of anilines is 1. The van der Waals surface area contributed by atoms with E-state index in [1.165, 1.54) is 9.75 Å². The monoisotopic (exact) mass is 404 g/mol. The van der Waals surface area contributed by atoms with Crippen molar-refractivity contribution in [3.05, 3.63) is 79.1 Å². The Hall–Kier alpha value is -1.59. The smallest absolute Gasteiger partial charge is 0.0923 e. The molecule has 0 fully saturated rings. The Balaban J connectivity index is 1.67. The molecule has 0 spiro atoms. The molecule has 3 heterocycles. The quantitative estimate of drug-likeness (QED) is 0.451. The highest BCUT2D eigenvalue weighted by Gasteiger charge is 2.29. The van der Waals surface area contributed by atoms with E-state index in [1.54, 1.807) is 22.7 Å². The first-order valence-electron chi connectivity index (χ1n) is 7.77. The summed E-state index contributed by atoms with van der Waals surface area (Å²) >= 11 is 15.7. The molecule has 0 saturated carbocycles. The van der Waals surface area contributed by atoms with Crippen molar-refractivity contribution < 1.29 is 0 Å². The fourth-order valence-corrected chi connectivity index (χ4v) is 4.49. The average molecular weight is 405 g/mol. The van der Waals surface area contributed by atoms with Crippen molar-refractivity contribution in [1.29, 1.82) is 0 Å². The van der Waals surface area contributed by atoms with Crippen LogP contribution in [-0.4, -0.2) is 5.71 Å². The van der Waals surface area contributed by atoms with E-state index in [9.17, 15) is 0 Å². The molecule has 0 radical (unpaired) electrons. The minimum atomic E-state index is 0.181. The fraction of sp³-hybridized carbons (Fsp3) is 0.105. The van der Waals surface area contributed by atoms with Gasteiger partial charge in [0.15, 0.2) is 0 Å². The van der Waals surface area contributed by atoms with Crippen molar-refractivity contribution in [2.24, 2.45) is 5.10 Å². The second-order valence-electron chi connectivity index (χ2n) is 5.62. The molecule has 1 atom stereocenters. The van der Waals surface area contributed by atoms with Crippen LogP contribution in [-0.2, 0) is 0 Å². The number of hydrazone groups is 1. The van der Waals surface area contributed by atoms with Crippen molar-refractivity contribution in [3.63, 3.8) is 0 Å². The number of thiophene rings is 2. The Morgan fingerprint density at radius 2 is 1.84 bits per heavy atom. The number of rotatable bonds is 4. The number of benzene rings is 1. The minimum Gasteiger partial charge on any atom is -0.257 e. The lowest BCUT2D eigenvalue weighted by atomic mass is 10.1. The molecule has 2 aromatic heterocycles. The number of nitrogens with zero attached hydrogens (tertiary/aromatic N) is 2. The van der Waals surface area contributed by atoms with Gasteiger partial charge in [0.1, 0.15) is 0 Å². The Morgan fingerprint density at radius 1 is 1.00 bits per heavy atom. The predicted molar refractivity (Wildman–Crippen MR) is 111 cm³/mol. The molecule has 1 aliphatic rings. The summed E-state index contributed by atoms with van der Waals surface area (Å²) in [5, 5.41) is 12.2. The van der Waals surface area contributed by atoms with Crippen LogP contribution in [0.1, 0.15) is 22.2 Å². The number of hydrogen-bond donors (Lipinski definition) is 0. The third-order valence-electron chi connectivity index (χ3n) is 3.96. The standard InChI is InChI=1S/C19H14Cl2N2S2/c20-16-8-6-14(12-17(16)21)23-18(19-4-2-10-25-19)11-13(22-23)5-7-15-3-1-9-24-15/h1-10,12,18H,11H2/b7-5+/t18-/m1/s1. The highest BCUT2D eigenvalue weighted by atomic mass is 35.5. The Kier molecular flexibility index (Phi) is 4.95. The van der Waals surface area contributed by atoms with Crippen molar-refractivity contribution in [2.75, 3.05) is 5.01 Å². The molecule has 126 valence electrons. The van der Waals surface area contributed by atoms with E-state index in [2.05, 4.69) is 47.2 Å². The number of halogens is 2. The van der Waals surface area contributed by atoms with Gasteiger partial charge in [-0.1, -0.05) is 35.3 Å². The lowest BCUT2D eigenvalue weighted by molar-refractivity contribution is 0.722. The molecule has 1 aliphatic heterocycles. The summed E-state index contributed by atoms with van der Waals surface area (Å²) in [4.78, 5) is 2.51. The van der Waals surface area contributed by atoms with E-state index in [0.29, 0.717) is 10.0 Å². The number of allylic oxidation sites excluding steroid dienone is 1. The van der Waals surface area contributed by atoms with E-state index in [4.69, 9.17) is 28.3 Å². The fourth-order valence-electron chi connectivity index (χ4n) is 2.77. The summed E-state index contributed by atoms with van der Waals surface area (Å²) in [7, 11) is 0. The molecule has 1 aromatic carbocycles. The van der Waals surface area contributed by atoms with E-state index >= 15 is 0 Å². The zero-order valence-corrected chi connectivity index (χ0v) is 16.2. The van der Waals surface area contributed by atoms with Crippen LogP contribution in [0.15, 0.2) is 64.4 Å². The molecule has 0 amide bonds. The van der Waals surface area contributed by atoms with E-state index < -0.39 is 0 Å². The summed E-state index contributed by atoms with van der Waals surface area (Å²) in [5.74, 6) is 0. The maximum Gasteiger partial charge on any atom is 0.0923 e. The van der Waals surface area contributed by atoms with Crippen LogP contribution in [0.5, 0.6) is 0 Å². The van der Waals surface area contributed by atoms with Gasteiger partial charge in [0.2, 0.25) is 0 Å². The van der Waals surface area contributed by atoms with Crippen LogP contribution in [0.3, 0.4) is 0 Å². The Morgan fingerprint density at radius 3 is 2.56 bits per heavy atom.